The molecule has 3 N–H and O–H groups in total. The summed E-state index contributed by atoms with van der Waals surface area (Å²) in [5.41, 5.74) is 6.38. The van der Waals surface area contributed by atoms with Crippen molar-refractivity contribution in [3.63, 3.8) is 0 Å². The van der Waals surface area contributed by atoms with Gasteiger partial charge in [-0.05, 0) is 30.5 Å². The van der Waals surface area contributed by atoms with Gasteiger partial charge in [-0.15, -0.1) is 12.4 Å². The molecule has 5 nitrogen and oxygen atoms in total. The van der Waals surface area contributed by atoms with Gasteiger partial charge in [-0.25, -0.2) is 13.1 Å². The Balaban J connectivity index is 0.00000180. The zero-order chi connectivity index (χ0) is 13.0. The van der Waals surface area contributed by atoms with Crippen LogP contribution < -0.4 is 10.5 Å². The van der Waals surface area contributed by atoms with E-state index in [4.69, 9.17) is 10.5 Å². The SMILES string of the molecule is Cl.NCc1ccc(S(=O)(=O)NCC2CCCO2)cc1. The summed E-state index contributed by atoms with van der Waals surface area (Å²) in [5.74, 6) is 0. The summed E-state index contributed by atoms with van der Waals surface area (Å²) in [4.78, 5) is 0.262. The Kier molecular flexibility index (Phi) is 6.22. The van der Waals surface area contributed by atoms with Gasteiger partial charge in [-0.3, -0.25) is 0 Å². The number of benzene rings is 1. The lowest BCUT2D eigenvalue weighted by molar-refractivity contribution is 0.114. The predicted molar refractivity (Wildman–Crippen MR) is 75.7 cm³/mol. The molecule has 0 aliphatic carbocycles. The van der Waals surface area contributed by atoms with Gasteiger partial charge in [0.1, 0.15) is 0 Å². The largest absolute Gasteiger partial charge is 0.377 e. The highest BCUT2D eigenvalue weighted by molar-refractivity contribution is 7.89. The van der Waals surface area contributed by atoms with Gasteiger partial charge in [0.25, 0.3) is 0 Å². The van der Waals surface area contributed by atoms with Gasteiger partial charge in [-0.2, -0.15) is 0 Å². The summed E-state index contributed by atoms with van der Waals surface area (Å²) in [5, 5.41) is 0. The minimum Gasteiger partial charge on any atom is -0.377 e. The molecular weight excluding hydrogens is 288 g/mol. The molecule has 2 rings (SSSR count). The predicted octanol–water partition coefficient (Wildman–Crippen LogP) is 1.02. The van der Waals surface area contributed by atoms with Crippen LogP contribution in [0.5, 0.6) is 0 Å². The fourth-order valence-corrected chi connectivity index (χ4v) is 2.96. The van der Waals surface area contributed by atoms with Gasteiger partial charge in [0.05, 0.1) is 11.0 Å². The zero-order valence-corrected chi connectivity index (χ0v) is 12.2. The molecule has 1 atom stereocenters. The van der Waals surface area contributed by atoms with Crippen molar-refractivity contribution in [2.75, 3.05) is 13.2 Å². The lowest BCUT2D eigenvalue weighted by atomic mass is 10.2. The summed E-state index contributed by atoms with van der Waals surface area (Å²) in [6.07, 6.45) is 1.91. The van der Waals surface area contributed by atoms with Crippen LogP contribution in [-0.2, 0) is 21.3 Å². The van der Waals surface area contributed by atoms with Gasteiger partial charge < -0.3 is 10.5 Å². The molecule has 0 saturated carbocycles. The molecule has 1 heterocycles. The van der Waals surface area contributed by atoms with E-state index >= 15 is 0 Å². The highest BCUT2D eigenvalue weighted by Gasteiger charge is 2.19. The van der Waals surface area contributed by atoms with Gasteiger partial charge in [0.2, 0.25) is 10.0 Å². The summed E-state index contributed by atoms with van der Waals surface area (Å²) in [6.45, 7) is 1.46. The third-order valence-electron chi connectivity index (χ3n) is 2.99. The number of hydrogen-bond donors (Lipinski definition) is 2. The quantitative estimate of drug-likeness (QED) is 0.851. The lowest BCUT2D eigenvalue weighted by Crippen LogP contribution is -2.31. The minimum absolute atomic E-state index is 0. The maximum Gasteiger partial charge on any atom is 0.240 e. The molecule has 1 fully saturated rings. The van der Waals surface area contributed by atoms with E-state index in [1.54, 1.807) is 24.3 Å². The summed E-state index contributed by atoms with van der Waals surface area (Å²) in [7, 11) is -3.44. The molecule has 0 radical (unpaired) electrons. The number of halogens is 1. The molecule has 108 valence electrons. The van der Waals surface area contributed by atoms with Crippen LogP contribution in [0.1, 0.15) is 18.4 Å². The fourth-order valence-electron chi connectivity index (χ4n) is 1.90. The molecule has 1 saturated heterocycles. The third kappa shape index (κ3) is 4.43. The molecule has 0 amide bonds. The Morgan fingerprint density at radius 2 is 2.00 bits per heavy atom. The van der Waals surface area contributed by atoms with E-state index in [-0.39, 0.29) is 23.4 Å². The number of hydrogen-bond acceptors (Lipinski definition) is 4. The Hall–Kier alpha value is -0.660. The standard InChI is InChI=1S/C12H18N2O3S.ClH/c13-8-10-3-5-12(6-4-10)18(15,16)14-9-11-2-1-7-17-11;/h3-6,11,14H,1-2,7-9,13H2;1H. The van der Waals surface area contributed by atoms with E-state index in [9.17, 15) is 8.42 Å². The summed E-state index contributed by atoms with van der Waals surface area (Å²) >= 11 is 0. The first kappa shape index (κ1) is 16.4. The van der Waals surface area contributed by atoms with Crippen molar-refractivity contribution < 1.29 is 13.2 Å². The van der Waals surface area contributed by atoms with Crippen LogP contribution in [0.4, 0.5) is 0 Å². The van der Waals surface area contributed by atoms with Crippen LogP contribution in [0.2, 0.25) is 0 Å². The Labute approximate surface area is 120 Å². The first-order valence-electron chi connectivity index (χ1n) is 6.02. The monoisotopic (exact) mass is 306 g/mol. The van der Waals surface area contributed by atoms with Gasteiger partial charge >= 0.3 is 0 Å². The molecule has 19 heavy (non-hydrogen) atoms. The van der Waals surface area contributed by atoms with E-state index in [2.05, 4.69) is 4.72 Å². The molecule has 1 aromatic rings. The second-order valence-corrected chi connectivity index (χ2v) is 6.10. The van der Waals surface area contributed by atoms with Crippen LogP contribution in [0, 0.1) is 0 Å². The average molecular weight is 307 g/mol. The van der Waals surface area contributed by atoms with E-state index in [1.807, 2.05) is 0 Å². The molecule has 0 spiro atoms. The first-order chi connectivity index (χ1) is 8.62. The maximum absolute atomic E-state index is 12.0. The van der Waals surface area contributed by atoms with Crippen molar-refractivity contribution in [3.8, 4) is 0 Å². The molecule has 0 bridgehead atoms. The molecule has 1 aliphatic heterocycles. The van der Waals surface area contributed by atoms with Crippen molar-refractivity contribution in [3.05, 3.63) is 29.8 Å². The normalized spacial score (nSPS) is 19.1. The van der Waals surface area contributed by atoms with Crippen LogP contribution in [0.3, 0.4) is 0 Å². The van der Waals surface area contributed by atoms with E-state index in [0.29, 0.717) is 13.1 Å². The Morgan fingerprint density at radius 3 is 2.53 bits per heavy atom. The summed E-state index contributed by atoms with van der Waals surface area (Å²) < 4.78 is 31.9. The first-order valence-corrected chi connectivity index (χ1v) is 7.50. The Bertz CT molecular complexity index is 484. The molecule has 1 aliphatic rings. The number of ether oxygens (including phenoxy) is 1. The number of sulfonamides is 1. The van der Waals surface area contributed by atoms with Gasteiger partial charge in [0, 0.05) is 19.7 Å². The van der Waals surface area contributed by atoms with Crippen molar-refractivity contribution >= 4 is 22.4 Å². The molecule has 0 aromatic heterocycles. The van der Waals surface area contributed by atoms with Crippen molar-refractivity contribution in [2.45, 2.75) is 30.4 Å². The van der Waals surface area contributed by atoms with Crippen LogP contribution >= 0.6 is 12.4 Å². The minimum atomic E-state index is -3.44. The van der Waals surface area contributed by atoms with Crippen LogP contribution in [0.15, 0.2) is 29.2 Å². The zero-order valence-electron chi connectivity index (χ0n) is 10.5. The number of rotatable bonds is 5. The topological polar surface area (TPSA) is 81.4 Å². The number of nitrogens with two attached hydrogens (primary N) is 1. The third-order valence-corrected chi connectivity index (χ3v) is 4.43. The number of nitrogens with one attached hydrogen (secondary N) is 1. The molecule has 7 heteroatoms. The van der Waals surface area contributed by atoms with Gasteiger partial charge in [0.15, 0.2) is 0 Å². The molecule has 1 unspecified atom stereocenters. The second kappa shape index (κ2) is 7.21. The lowest BCUT2D eigenvalue weighted by Gasteiger charge is -2.11. The van der Waals surface area contributed by atoms with E-state index in [0.717, 1.165) is 25.0 Å². The maximum atomic E-state index is 12.0. The van der Waals surface area contributed by atoms with Crippen LogP contribution in [-0.4, -0.2) is 27.7 Å². The van der Waals surface area contributed by atoms with Crippen molar-refractivity contribution in [2.24, 2.45) is 5.73 Å². The van der Waals surface area contributed by atoms with Crippen LogP contribution in [0.25, 0.3) is 0 Å². The van der Waals surface area contributed by atoms with Gasteiger partial charge in [-0.1, -0.05) is 12.1 Å². The van der Waals surface area contributed by atoms with E-state index < -0.39 is 10.0 Å². The second-order valence-electron chi connectivity index (χ2n) is 4.34. The highest BCUT2D eigenvalue weighted by Crippen LogP contribution is 2.13. The molecule has 1 aromatic carbocycles. The summed E-state index contributed by atoms with van der Waals surface area (Å²) in [6, 6.07) is 6.58. The highest BCUT2D eigenvalue weighted by atomic mass is 35.5. The fraction of sp³-hybridized carbons (Fsp3) is 0.500. The van der Waals surface area contributed by atoms with Crippen molar-refractivity contribution in [1.82, 2.24) is 4.72 Å². The average Bonchev–Trinajstić information content (AvgIpc) is 2.90. The smallest absolute Gasteiger partial charge is 0.240 e. The Morgan fingerprint density at radius 1 is 1.32 bits per heavy atom. The molecular formula is C12H19ClN2O3S. The van der Waals surface area contributed by atoms with Crippen molar-refractivity contribution in [1.29, 1.82) is 0 Å². The van der Waals surface area contributed by atoms with E-state index in [1.165, 1.54) is 0 Å².